The average Bonchev–Trinajstić information content (AvgIpc) is 2.90. The molecule has 1 heterocycles. The van der Waals surface area contributed by atoms with Gasteiger partial charge < -0.3 is 15.4 Å². The van der Waals surface area contributed by atoms with Crippen LogP contribution in [0.2, 0.25) is 0 Å². The Morgan fingerprint density at radius 1 is 1.35 bits per heavy atom. The van der Waals surface area contributed by atoms with Gasteiger partial charge >= 0.3 is 6.09 Å². The lowest BCUT2D eigenvalue weighted by Gasteiger charge is -2.27. The summed E-state index contributed by atoms with van der Waals surface area (Å²) in [6.45, 7) is 7.68. The topological polar surface area (TPSA) is 102 Å². The second kappa shape index (κ2) is 8.29. The van der Waals surface area contributed by atoms with Crippen molar-refractivity contribution in [1.82, 2.24) is 10.2 Å². The maximum atomic E-state index is 12.4. The fourth-order valence-corrected chi connectivity index (χ4v) is 2.55. The molecule has 132 valence electrons. The van der Waals surface area contributed by atoms with Crippen LogP contribution in [0.25, 0.3) is 0 Å². The van der Waals surface area contributed by atoms with Gasteiger partial charge in [0.2, 0.25) is 5.91 Å². The smallest absolute Gasteiger partial charge is 0.414 e. The molecule has 0 bridgehead atoms. The average molecular weight is 327 g/mol. The molecule has 1 aliphatic rings. The number of amides is 3. The number of likely N-dealkylation sites (tertiary alicyclic amines) is 1. The number of imide groups is 1. The number of nitrogens with one attached hydrogen (secondary N) is 1. The summed E-state index contributed by atoms with van der Waals surface area (Å²) in [5, 5.41) is 2.21. The molecule has 1 fully saturated rings. The number of rotatable bonds is 5. The highest BCUT2D eigenvalue weighted by Crippen LogP contribution is 2.19. The Morgan fingerprint density at radius 2 is 2.00 bits per heavy atom. The number of carbonyl (C=O) groups excluding carboxylic acids is 3. The van der Waals surface area contributed by atoms with Crippen molar-refractivity contribution in [2.24, 2.45) is 5.73 Å². The molecule has 7 nitrogen and oxygen atoms in total. The summed E-state index contributed by atoms with van der Waals surface area (Å²) in [6.07, 6.45) is 2.89. The number of carbonyl (C=O) groups is 3. The predicted octanol–water partition coefficient (Wildman–Crippen LogP) is 1.55. The minimum absolute atomic E-state index is 0.222. The van der Waals surface area contributed by atoms with Crippen LogP contribution in [-0.2, 0) is 14.3 Å². The molecule has 7 heteroatoms. The largest absolute Gasteiger partial charge is 0.444 e. The van der Waals surface area contributed by atoms with Gasteiger partial charge in [-0.15, -0.1) is 0 Å². The van der Waals surface area contributed by atoms with Gasteiger partial charge in [-0.1, -0.05) is 19.8 Å². The van der Waals surface area contributed by atoms with Gasteiger partial charge in [0.05, 0.1) is 6.04 Å². The van der Waals surface area contributed by atoms with Crippen molar-refractivity contribution in [1.29, 1.82) is 0 Å². The third kappa shape index (κ3) is 6.17. The fourth-order valence-electron chi connectivity index (χ4n) is 2.55. The molecule has 0 aromatic heterocycles. The van der Waals surface area contributed by atoms with E-state index in [-0.39, 0.29) is 5.91 Å². The van der Waals surface area contributed by atoms with E-state index in [0.717, 1.165) is 19.3 Å². The fraction of sp³-hybridized carbons (Fsp3) is 0.812. The van der Waals surface area contributed by atoms with Crippen molar-refractivity contribution < 1.29 is 19.1 Å². The third-order valence-electron chi connectivity index (χ3n) is 3.65. The zero-order valence-electron chi connectivity index (χ0n) is 14.6. The molecule has 1 aliphatic heterocycles. The Kier molecular flexibility index (Phi) is 7.00. The van der Waals surface area contributed by atoms with Gasteiger partial charge in [-0.3, -0.25) is 14.9 Å². The van der Waals surface area contributed by atoms with Crippen LogP contribution in [0.1, 0.15) is 59.8 Å². The molecule has 0 saturated carbocycles. The van der Waals surface area contributed by atoms with E-state index in [2.05, 4.69) is 5.32 Å². The number of hydrogen-bond acceptors (Lipinski definition) is 5. The molecule has 0 aliphatic carbocycles. The SMILES string of the molecule is CCCC[C@H](N)C(=O)N1CCC[C@H]1C(=O)NC(=O)OC(C)(C)C. The van der Waals surface area contributed by atoms with Crippen LogP contribution in [0.3, 0.4) is 0 Å². The normalized spacial score (nSPS) is 19.3. The van der Waals surface area contributed by atoms with Gasteiger partial charge in [0.25, 0.3) is 5.91 Å². The van der Waals surface area contributed by atoms with Crippen LogP contribution in [0.5, 0.6) is 0 Å². The molecule has 1 saturated heterocycles. The molecule has 0 unspecified atom stereocenters. The van der Waals surface area contributed by atoms with Gasteiger partial charge in [-0.2, -0.15) is 0 Å². The Bertz CT molecular complexity index is 445. The van der Waals surface area contributed by atoms with Gasteiger partial charge in [0.1, 0.15) is 11.6 Å². The summed E-state index contributed by atoms with van der Waals surface area (Å²) < 4.78 is 5.07. The Balaban J connectivity index is 2.62. The minimum atomic E-state index is -0.794. The van der Waals surface area contributed by atoms with Crippen LogP contribution in [0, 0.1) is 0 Å². The van der Waals surface area contributed by atoms with Crippen molar-refractivity contribution in [3.63, 3.8) is 0 Å². The molecular formula is C16H29N3O4. The molecule has 0 spiro atoms. The molecular weight excluding hydrogens is 298 g/mol. The Hall–Kier alpha value is -1.63. The second-order valence-corrected chi connectivity index (χ2v) is 6.93. The number of nitrogens with two attached hydrogens (primary N) is 1. The molecule has 0 aromatic rings. The van der Waals surface area contributed by atoms with Crippen LogP contribution in [0.4, 0.5) is 4.79 Å². The molecule has 1 rings (SSSR count). The standard InChI is InChI=1S/C16H29N3O4/c1-5-6-8-11(17)14(21)19-10-7-9-12(19)13(20)18-15(22)23-16(2,3)4/h11-12H,5-10,17H2,1-4H3,(H,18,20,22)/t11-,12-/m0/s1. The molecule has 0 radical (unpaired) electrons. The van der Waals surface area contributed by atoms with E-state index >= 15 is 0 Å². The van der Waals surface area contributed by atoms with E-state index in [9.17, 15) is 14.4 Å². The summed E-state index contributed by atoms with van der Waals surface area (Å²) >= 11 is 0. The Morgan fingerprint density at radius 3 is 2.57 bits per heavy atom. The highest BCUT2D eigenvalue weighted by molar-refractivity contribution is 5.97. The van der Waals surface area contributed by atoms with E-state index in [1.54, 1.807) is 20.8 Å². The van der Waals surface area contributed by atoms with Crippen LogP contribution >= 0.6 is 0 Å². The van der Waals surface area contributed by atoms with Crippen molar-refractivity contribution >= 4 is 17.9 Å². The summed E-state index contributed by atoms with van der Waals surface area (Å²) in [5.74, 6) is -0.729. The first-order chi connectivity index (χ1) is 10.7. The van der Waals surface area contributed by atoms with E-state index in [0.29, 0.717) is 19.4 Å². The van der Waals surface area contributed by atoms with E-state index in [1.807, 2.05) is 6.92 Å². The van der Waals surface area contributed by atoms with E-state index in [4.69, 9.17) is 10.5 Å². The maximum Gasteiger partial charge on any atom is 0.414 e. The number of nitrogens with zero attached hydrogens (tertiary/aromatic N) is 1. The predicted molar refractivity (Wildman–Crippen MR) is 86.6 cm³/mol. The quantitative estimate of drug-likeness (QED) is 0.797. The number of ether oxygens (including phenoxy) is 1. The summed E-state index contributed by atoms with van der Waals surface area (Å²) in [4.78, 5) is 37.8. The molecule has 0 aromatic carbocycles. The van der Waals surface area contributed by atoms with E-state index < -0.39 is 29.7 Å². The maximum absolute atomic E-state index is 12.4. The number of alkyl carbamates (subject to hydrolysis) is 1. The van der Waals surface area contributed by atoms with Crippen LogP contribution in [-0.4, -0.2) is 47.0 Å². The van der Waals surface area contributed by atoms with Gasteiger partial charge in [0, 0.05) is 6.54 Å². The third-order valence-corrected chi connectivity index (χ3v) is 3.65. The highest BCUT2D eigenvalue weighted by Gasteiger charge is 2.37. The Labute approximate surface area is 137 Å². The lowest BCUT2D eigenvalue weighted by molar-refractivity contribution is -0.139. The van der Waals surface area contributed by atoms with Gasteiger partial charge in [0.15, 0.2) is 0 Å². The first kappa shape index (κ1) is 19.4. The molecule has 23 heavy (non-hydrogen) atoms. The molecule has 3 N–H and O–H groups in total. The van der Waals surface area contributed by atoms with Crippen molar-refractivity contribution in [2.45, 2.75) is 77.5 Å². The van der Waals surface area contributed by atoms with Gasteiger partial charge in [-0.05, 0) is 40.0 Å². The van der Waals surface area contributed by atoms with Crippen molar-refractivity contribution in [3.8, 4) is 0 Å². The monoisotopic (exact) mass is 327 g/mol. The molecule has 3 amide bonds. The first-order valence-corrected chi connectivity index (χ1v) is 8.25. The van der Waals surface area contributed by atoms with E-state index in [1.165, 1.54) is 4.90 Å². The van der Waals surface area contributed by atoms with Crippen molar-refractivity contribution in [3.05, 3.63) is 0 Å². The van der Waals surface area contributed by atoms with Crippen LogP contribution in [0.15, 0.2) is 0 Å². The highest BCUT2D eigenvalue weighted by atomic mass is 16.6. The van der Waals surface area contributed by atoms with Crippen molar-refractivity contribution in [2.75, 3.05) is 6.54 Å². The van der Waals surface area contributed by atoms with Crippen LogP contribution < -0.4 is 11.1 Å². The second-order valence-electron chi connectivity index (χ2n) is 6.93. The zero-order chi connectivity index (χ0) is 17.6. The number of hydrogen-bond donors (Lipinski definition) is 2. The summed E-state index contributed by atoms with van der Waals surface area (Å²) in [7, 11) is 0. The first-order valence-electron chi connectivity index (χ1n) is 8.25. The van der Waals surface area contributed by atoms with Gasteiger partial charge in [-0.25, -0.2) is 4.79 Å². The lowest BCUT2D eigenvalue weighted by atomic mass is 10.1. The summed E-state index contributed by atoms with van der Waals surface area (Å²) in [6, 6.07) is -1.24. The number of unbranched alkanes of at least 4 members (excludes halogenated alkanes) is 1. The lowest BCUT2D eigenvalue weighted by Crippen LogP contribution is -2.52. The zero-order valence-corrected chi connectivity index (χ0v) is 14.6. The molecule has 2 atom stereocenters. The minimum Gasteiger partial charge on any atom is -0.444 e. The summed E-state index contributed by atoms with van der Waals surface area (Å²) in [5.41, 5.74) is 5.23.